The third-order valence-corrected chi connectivity index (χ3v) is 3.74. The van der Waals surface area contributed by atoms with Gasteiger partial charge < -0.3 is 10.1 Å². The van der Waals surface area contributed by atoms with Gasteiger partial charge in [-0.15, -0.1) is 0 Å². The maximum atomic E-state index is 12.2. The molecule has 0 radical (unpaired) electrons. The van der Waals surface area contributed by atoms with Crippen LogP contribution in [-0.2, 0) is 0 Å². The molecule has 0 bridgehead atoms. The first-order valence-corrected chi connectivity index (χ1v) is 7.59. The standard InChI is InChI=1S/C17H16INO2/c1-3-10-21-14-7-5-13(6-8-14)19-17(20)15-9-4-12(2)11-16(15)18/h3-9,11H,1,10H2,2H3,(H,19,20). The molecule has 1 amide bonds. The molecule has 0 aliphatic heterocycles. The zero-order chi connectivity index (χ0) is 15.2. The second-order valence-corrected chi connectivity index (χ2v) is 5.72. The number of hydrogen-bond acceptors (Lipinski definition) is 2. The lowest BCUT2D eigenvalue weighted by atomic mass is 10.1. The maximum Gasteiger partial charge on any atom is 0.256 e. The lowest BCUT2D eigenvalue weighted by molar-refractivity contribution is 0.102. The molecule has 21 heavy (non-hydrogen) atoms. The van der Waals surface area contributed by atoms with Crippen LogP contribution in [0.2, 0.25) is 0 Å². The molecule has 0 aromatic heterocycles. The van der Waals surface area contributed by atoms with E-state index >= 15 is 0 Å². The lowest BCUT2D eigenvalue weighted by Crippen LogP contribution is -2.13. The first-order chi connectivity index (χ1) is 10.1. The Morgan fingerprint density at radius 3 is 2.62 bits per heavy atom. The summed E-state index contributed by atoms with van der Waals surface area (Å²) < 4.78 is 6.34. The van der Waals surface area contributed by atoms with Crippen molar-refractivity contribution in [2.45, 2.75) is 6.92 Å². The molecule has 2 rings (SSSR count). The van der Waals surface area contributed by atoms with E-state index in [9.17, 15) is 4.79 Å². The van der Waals surface area contributed by atoms with Gasteiger partial charge >= 0.3 is 0 Å². The third kappa shape index (κ3) is 4.32. The Balaban J connectivity index is 2.07. The van der Waals surface area contributed by atoms with Gasteiger partial charge in [0.2, 0.25) is 0 Å². The third-order valence-electron chi connectivity index (χ3n) is 2.85. The van der Waals surface area contributed by atoms with Crippen LogP contribution in [0.4, 0.5) is 5.69 Å². The number of ether oxygens (including phenoxy) is 1. The molecule has 0 saturated carbocycles. The van der Waals surface area contributed by atoms with Crippen molar-refractivity contribution in [2.75, 3.05) is 11.9 Å². The molecule has 0 heterocycles. The topological polar surface area (TPSA) is 38.3 Å². The molecule has 0 aliphatic carbocycles. The maximum absolute atomic E-state index is 12.2. The van der Waals surface area contributed by atoms with E-state index in [4.69, 9.17) is 4.74 Å². The Kier molecular flexibility index (Phi) is 5.38. The van der Waals surface area contributed by atoms with Gasteiger partial charge in [-0.2, -0.15) is 0 Å². The molecule has 2 aromatic carbocycles. The van der Waals surface area contributed by atoms with Crippen LogP contribution in [0, 0.1) is 10.5 Å². The van der Waals surface area contributed by atoms with Gasteiger partial charge in [-0.3, -0.25) is 4.79 Å². The smallest absolute Gasteiger partial charge is 0.256 e. The molecule has 0 atom stereocenters. The minimum atomic E-state index is -0.112. The van der Waals surface area contributed by atoms with Gasteiger partial charge in [0.05, 0.1) is 5.56 Å². The van der Waals surface area contributed by atoms with Crippen LogP contribution in [-0.4, -0.2) is 12.5 Å². The number of benzene rings is 2. The molecule has 0 spiro atoms. The van der Waals surface area contributed by atoms with Crippen LogP contribution >= 0.6 is 22.6 Å². The number of aryl methyl sites for hydroxylation is 1. The first-order valence-electron chi connectivity index (χ1n) is 6.51. The van der Waals surface area contributed by atoms with Gasteiger partial charge in [-0.1, -0.05) is 24.3 Å². The fourth-order valence-electron chi connectivity index (χ4n) is 1.79. The average molecular weight is 393 g/mol. The highest BCUT2D eigenvalue weighted by molar-refractivity contribution is 14.1. The number of rotatable bonds is 5. The van der Waals surface area contributed by atoms with Gasteiger partial charge in [-0.05, 0) is 65.9 Å². The van der Waals surface area contributed by atoms with Crippen molar-refractivity contribution >= 4 is 34.2 Å². The van der Waals surface area contributed by atoms with Crippen LogP contribution in [0.15, 0.2) is 55.1 Å². The summed E-state index contributed by atoms with van der Waals surface area (Å²) in [5.41, 5.74) is 2.55. The Bertz CT molecular complexity index is 650. The van der Waals surface area contributed by atoms with E-state index in [0.29, 0.717) is 12.2 Å². The van der Waals surface area contributed by atoms with Crippen molar-refractivity contribution in [3.05, 3.63) is 69.8 Å². The second kappa shape index (κ2) is 7.26. The fraction of sp³-hybridized carbons (Fsp3) is 0.118. The van der Waals surface area contributed by atoms with Gasteiger partial charge in [0.15, 0.2) is 0 Å². The highest BCUT2D eigenvalue weighted by Gasteiger charge is 2.10. The van der Waals surface area contributed by atoms with E-state index in [-0.39, 0.29) is 5.91 Å². The molecule has 4 heteroatoms. The molecular formula is C17H16INO2. The van der Waals surface area contributed by atoms with Crippen molar-refractivity contribution < 1.29 is 9.53 Å². The average Bonchev–Trinajstić information content (AvgIpc) is 2.46. The monoisotopic (exact) mass is 393 g/mol. The largest absolute Gasteiger partial charge is 0.490 e. The Labute approximate surface area is 138 Å². The molecule has 0 unspecified atom stereocenters. The van der Waals surface area contributed by atoms with Crippen LogP contribution in [0.5, 0.6) is 5.75 Å². The van der Waals surface area contributed by atoms with Gasteiger partial charge in [-0.25, -0.2) is 0 Å². The minimum Gasteiger partial charge on any atom is -0.490 e. The molecular weight excluding hydrogens is 377 g/mol. The summed E-state index contributed by atoms with van der Waals surface area (Å²) in [6, 6.07) is 13.0. The van der Waals surface area contributed by atoms with Crippen LogP contribution in [0.1, 0.15) is 15.9 Å². The van der Waals surface area contributed by atoms with Crippen LogP contribution in [0.25, 0.3) is 0 Å². The van der Waals surface area contributed by atoms with E-state index in [1.165, 1.54) is 0 Å². The molecule has 0 fully saturated rings. The lowest BCUT2D eigenvalue weighted by Gasteiger charge is -2.09. The predicted octanol–water partition coefficient (Wildman–Crippen LogP) is 4.42. The number of halogens is 1. The molecule has 0 aliphatic rings. The minimum absolute atomic E-state index is 0.112. The summed E-state index contributed by atoms with van der Waals surface area (Å²) in [5.74, 6) is 0.636. The highest BCUT2D eigenvalue weighted by atomic mass is 127. The summed E-state index contributed by atoms with van der Waals surface area (Å²) in [7, 11) is 0. The van der Waals surface area contributed by atoms with Gasteiger partial charge in [0.1, 0.15) is 12.4 Å². The Morgan fingerprint density at radius 2 is 2.00 bits per heavy atom. The summed E-state index contributed by atoms with van der Waals surface area (Å²) in [6.45, 7) is 6.07. The second-order valence-electron chi connectivity index (χ2n) is 4.56. The summed E-state index contributed by atoms with van der Waals surface area (Å²) in [5, 5.41) is 2.88. The number of amides is 1. The zero-order valence-electron chi connectivity index (χ0n) is 11.7. The summed E-state index contributed by atoms with van der Waals surface area (Å²) in [6.07, 6.45) is 1.69. The molecule has 2 aromatic rings. The van der Waals surface area contributed by atoms with Crippen LogP contribution in [0.3, 0.4) is 0 Å². The van der Waals surface area contributed by atoms with E-state index in [1.54, 1.807) is 6.08 Å². The number of nitrogens with one attached hydrogen (secondary N) is 1. The van der Waals surface area contributed by atoms with E-state index in [0.717, 1.165) is 20.6 Å². The van der Waals surface area contributed by atoms with E-state index in [2.05, 4.69) is 34.5 Å². The van der Waals surface area contributed by atoms with Crippen molar-refractivity contribution in [3.63, 3.8) is 0 Å². The Hall–Kier alpha value is -1.82. The summed E-state index contributed by atoms with van der Waals surface area (Å²) >= 11 is 2.17. The molecule has 108 valence electrons. The SMILES string of the molecule is C=CCOc1ccc(NC(=O)c2ccc(C)cc2I)cc1. The van der Waals surface area contributed by atoms with Crippen molar-refractivity contribution in [1.82, 2.24) is 0 Å². The van der Waals surface area contributed by atoms with E-state index < -0.39 is 0 Å². The normalized spacial score (nSPS) is 10.0. The highest BCUT2D eigenvalue weighted by Crippen LogP contribution is 2.19. The molecule has 0 saturated heterocycles. The quantitative estimate of drug-likeness (QED) is 0.604. The first kappa shape index (κ1) is 15.6. The number of carbonyl (C=O) groups excluding carboxylic acids is 1. The van der Waals surface area contributed by atoms with E-state index in [1.807, 2.05) is 49.4 Å². The number of hydrogen-bond donors (Lipinski definition) is 1. The fourth-order valence-corrected chi connectivity index (χ4v) is 2.71. The predicted molar refractivity (Wildman–Crippen MR) is 94.0 cm³/mol. The number of carbonyl (C=O) groups is 1. The van der Waals surface area contributed by atoms with Crippen molar-refractivity contribution in [3.8, 4) is 5.75 Å². The van der Waals surface area contributed by atoms with Crippen molar-refractivity contribution in [1.29, 1.82) is 0 Å². The zero-order valence-corrected chi connectivity index (χ0v) is 13.9. The van der Waals surface area contributed by atoms with Gasteiger partial charge in [0, 0.05) is 9.26 Å². The van der Waals surface area contributed by atoms with Crippen molar-refractivity contribution in [2.24, 2.45) is 0 Å². The van der Waals surface area contributed by atoms with Crippen LogP contribution < -0.4 is 10.1 Å². The number of anilines is 1. The molecule has 3 nitrogen and oxygen atoms in total. The Morgan fingerprint density at radius 1 is 1.29 bits per heavy atom. The molecule has 1 N–H and O–H groups in total. The summed E-state index contributed by atoms with van der Waals surface area (Å²) in [4.78, 5) is 12.2. The van der Waals surface area contributed by atoms with Gasteiger partial charge in [0.25, 0.3) is 5.91 Å².